The Hall–Kier alpha value is -1.55. The minimum absolute atomic E-state index is 0.131. The first kappa shape index (κ1) is 14.5. The third-order valence-corrected chi connectivity index (χ3v) is 2.78. The van der Waals surface area contributed by atoms with Crippen LogP contribution in [0.4, 0.5) is 0 Å². The van der Waals surface area contributed by atoms with Crippen LogP contribution >= 0.6 is 0 Å². The molecule has 0 aliphatic rings. The second-order valence-electron chi connectivity index (χ2n) is 4.54. The maximum Gasteiger partial charge on any atom is 0.222 e. The van der Waals surface area contributed by atoms with Crippen molar-refractivity contribution in [3.8, 4) is 5.75 Å². The van der Waals surface area contributed by atoms with Crippen molar-refractivity contribution in [2.75, 3.05) is 20.7 Å². The fourth-order valence-corrected chi connectivity index (χ4v) is 1.56. The Labute approximate surface area is 109 Å². The highest BCUT2D eigenvalue weighted by Crippen LogP contribution is 2.19. The van der Waals surface area contributed by atoms with Crippen molar-refractivity contribution in [3.63, 3.8) is 0 Å². The van der Waals surface area contributed by atoms with Crippen LogP contribution in [0, 0.1) is 6.92 Å². The van der Waals surface area contributed by atoms with E-state index in [9.17, 15) is 4.79 Å². The molecule has 0 fully saturated rings. The minimum Gasteiger partial charge on any atom is -0.493 e. The SMILES string of the molecule is Cc1ccc(CN)cc1OCCCC(=O)N(C)C. The molecule has 4 heteroatoms. The number of hydrogen-bond acceptors (Lipinski definition) is 3. The summed E-state index contributed by atoms with van der Waals surface area (Å²) in [5, 5.41) is 0. The monoisotopic (exact) mass is 250 g/mol. The third kappa shape index (κ3) is 4.37. The van der Waals surface area contributed by atoms with Crippen LogP contribution < -0.4 is 10.5 Å². The summed E-state index contributed by atoms with van der Waals surface area (Å²) in [6.45, 7) is 3.06. The number of amides is 1. The highest BCUT2D eigenvalue weighted by Gasteiger charge is 2.05. The van der Waals surface area contributed by atoms with Crippen LogP contribution in [0.3, 0.4) is 0 Å². The van der Waals surface area contributed by atoms with Crippen LogP contribution in [0.2, 0.25) is 0 Å². The van der Waals surface area contributed by atoms with Crippen molar-refractivity contribution in [2.45, 2.75) is 26.3 Å². The number of rotatable bonds is 6. The lowest BCUT2D eigenvalue weighted by Crippen LogP contribution is -2.21. The normalized spacial score (nSPS) is 10.2. The van der Waals surface area contributed by atoms with Crippen LogP contribution in [0.1, 0.15) is 24.0 Å². The number of ether oxygens (including phenoxy) is 1. The molecule has 1 aromatic rings. The first-order chi connectivity index (χ1) is 8.54. The number of hydrogen-bond donors (Lipinski definition) is 1. The summed E-state index contributed by atoms with van der Waals surface area (Å²) in [4.78, 5) is 13.0. The van der Waals surface area contributed by atoms with E-state index in [1.165, 1.54) is 0 Å². The second-order valence-corrected chi connectivity index (χ2v) is 4.54. The molecule has 0 spiro atoms. The molecule has 0 aliphatic carbocycles. The lowest BCUT2D eigenvalue weighted by atomic mass is 10.1. The van der Waals surface area contributed by atoms with E-state index in [-0.39, 0.29) is 5.91 Å². The average Bonchev–Trinajstić information content (AvgIpc) is 2.36. The van der Waals surface area contributed by atoms with Gasteiger partial charge in [-0.25, -0.2) is 0 Å². The molecule has 0 aliphatic heterocycles. The van der Waals surface area contributed by atoms with Crippen molar-refractivity contribution in [2.24, 2.45) is 5.73 Å². The van der Waals surface area contributed by atoms with Crippen LogP contribution in [0.5, 0.6) is 5.75 Å². The average molecular weight is 250 g/mol. The summed E-state index contributed by atoms with van der Waals surface area (Å²) >= 11 is 0. The van der Waals surface area contributed by atoms with Gasteiger partial charge in [0.25, 0.3) is 0 Å². The van der Waals surface area contributed by atoms with E-state index in [4.69, 9.17) is 10.5 Å². The van der Waals surface area contributed by atoms with E-state index in [0.717, 1.165) is 23.3 Å². The number of nitrogens with two attached hydrogens (primary N) is 1. The molecule has 1 rings (SSSR count). The first-order valence-corrected chi connectivity index (χ1v) is 6.17. The van der Waals surface area contributed by atoms with Crippen molar-refractivity contribution in [1.82, 2.24) is 4.90 Å². The predicted molar refractivity (Wildman–Crippen MR) is 72.5 cm³/mol. The summed E-state index contributed by atoms with van der Waals surface area (Å²) < 4.78 is 5.68. The Morgan fingerprint density at radius 2 is 2.11 bits per heavy atom. The van der Waals surface area contributed by atoms with Gasteiger partial charge in [-0.2, -0.15) is 0 Å². The third-order valence-electron chi connectivity index (χ3n) is 2.78. The molecule has 0 bridgehead atoms. The van der Waals surface area contributed by atoms with Gasteiger partial charge in [0.2, 0.25) is 5.91 Å². The van der Waals surface area contributed by atoms with Crippen LogP contribution in [0.15, 0.2) is 18.2 Å². The maximum atomic E-state index is 11.4. The predicted octanol–water partition coefficient (Wildman–Crippen LogP) is 1.70. The van der Waals surface area contributed by atoms with E-state index in [0.29, 0.717) is 19.6 Å². The van der Waals surface area contributed by atoms with Gasteiger partial charge in [0.05, 0.1) is 6.61 Å². The molecule has 0 aromatic heterocycles. The fraction of sp³-hybridized carbons (Fsp3) is 0.500. The Kier molecular flexibility index (Phi) is 5.65. The van der Waals surface area contributed by atoms with Gasteiger partial charge in [0.15, 0.2) is 0 Å². The zero-order valence-corrected chi connectivity index (χ0v) is 11.4. The summed E-state index contributed by atoms with van der Waals surface area (Å²) in [6.07, 6.45) is 1.24. The molecule has 4 nitrogen and oxygen atoms in total. The summed E-state index contributed by atoms with van der Waals surface area (Å²) in [7, 11) is 3.52. The van der Waals surface area contributed by atoms with Gasteiger partial charge in [-0.3, -0.25) is 4.79 Å². The standard InChI is InChI=1S/C14H22N2O2/c1-11-6-7-12(10-15)9-13(11)18-8-4-5-14(17)16(2)3/h6-7,9H,4-5,8,10,15H2,1-3H3. The van der Waals surface area contributed by atoms with Crippen LogP contribution in [-0.2, 0) is 11.3 Å². The molecule has 100 valence electrons. The topological polar surface area (TPSA) is 55.6 Å². The van der Waals surface area contributed by atoms with Gasteiger partial charge in [0, 0.05) is 27.1 Å². The quantitative estimate of drug-likeness (QED) is 0.782. The highest BCUT2D eigenvalue weighted by molar-refractivity contribution is 5.75. The van der Waals surface area contributed by atoms with Crippen molar-refractivity contribution in [1.29, 1.82) is 0 Å². The van der Waals surface area contributed by atoms with E-state index < -0.39 is 0 Å². The van der Waals surface area contributed by atoms with Gasteiger partial charge < -0.3 is 15.4 Å². The lowest BCUT2D eigenvalue weighted by molar-refractivity contribution is -0.128. The molecular weight excluding hydrogens is 228 g/mol. The molecule has 1 amide bonds. The largest absolute Gasteiger partial charge is 0.493 e. The summed E-state index contributed by atoms with van der Waals surface area (Å²) in [6, 6.07) is 5.96. The molecule has 0 heterocycles. The zero-order valence-electron chi connectivity index (χ0n) is 11.4. The Morgan fingerprint density at radius 3 is 2.72 bits per heavy atom. The summed E-state index contributed by atoms with van der Waals surface area (Å²) in [5.74, 6) is 0.987. The molecule has 1 aromatic carbocycles. The van der Waals surface area contributed by atoms with E-state index in [2.05, 4.69) is 0 Å². The Balaban J connectivity index is 2.41. The smallest absolute Gasteiger partial charge is 0.222 e. The van der Waals surface area contributed by atoms with Gasteiger partial charge in [-0.1, -0.05) is 12.1 Å². The molecule has 0 atom stereocenters. The number of benzene rings is 1. The minimum atomic E-state index is 0.131. The van der Waals surface area contributed by atoms with Crippen LogP contribution in [0.25, 0.3) is 0 Å². The Morgan fingerprint density at radius 1 is 1.39 bits per heavy atom. The number of carbonyl (C=O) groups is 1. The molecule has 2 N–H and O–H groups in total. The zero-order chi connectivity index (χ0) is 13.5. The van der Waals surface area contributed by atoms with Gasteiger partial charge in [-0.15, -0.1) is 0 Å². The molecule has 0 saturated heterocycles. The Bertz CT molecular complexity index is 403. The van der Waals surface area contributed by atoms with E-state index in [1.807, 2.05) is 25.1 Å². The lowest BCUT2D eigenvalue weighted by Gasteiger charge is -2.12. The molecule has 18 heavy (non-hydrogen) atoms. The van der Waals surface area contributed by atoms with Crippen molar-refractivity contribution < 1.29 is 9.53 Å². The number of carbonyl (C=O) groups excluding carboxylic acids is 1. The van der Waals surface area contributed by atoms with E-state index >= 15 is 0 Å². The molecule has 0 saturated carbocycles. The number of nitrogens with zero attached hydrogens (tertiary/aromatic N) is 1. The maximum absolute atomic E-state index is 11.4. The van der Waals surface area contributed by atoms with Gasteiger partial charge >= 0.3 is 0 Å². The second kappa shape index (κ2) is 7.01. The van der Waals surface area contributed by atoms with Crippen molar-refractivity contribution >= 4 is 5.91 Å². The number of aryl methyl sites for hydroxylation is 1. The van der Waals surface area contributed by atoms with Crippen LogP contribution in [-0.4, -0.2) is 31.5 Å². The van der Waals surface area contributed by atoms with E-state index in [1.54, 1.807) is 19.0 Å². The van der Waals surface area contributed by atoms with Gasteiger partial charge in [0.1, 0.15) is 5.75 Å². The molecule has 0 radical (unpaired) electrons. The first-order valence-electron chi connectivity index (χ1n) is 6.17. The van der Waals surface area contributed by atoms with Gasteiger partial charge in [-0.05, 0) is 30.5 Å². The van der Waals surface area contributed by atoms with Crippen molar-refractivity contribution in [3.05, 3.63) is 29.3 Å². The summed E-state index contributed by atoms with van der Waals surface area (Å²) in [5.41, 5.74) is 7.74. The molecule has 0 unspecified atom stereocenters. The highest BCUT2D eigenvalue weighted by atomic mass is 16.5. The fourth-order valence-electron chi connectivity index (χ4n) is 1.56. The molecular formula is C14H22N2O2.